The number of hydrogen-bond donors (Lipinski definition) is 1. The number of aliphatic carboxylic acids is 1. The van der Waals surface area contributed by atoms with Crippen molar-refractivity contribution in [1.82, 2.24) is 4.98 Å². The summed E-state index contributed by atoms with van der Waals surface area (Å²) in [5.74, 6) is -0.136. The minimum atomic E-state index is -0.903. The first kappa shape index (κ1) is 21.0. The number of ether oxygens (including phenoxy) is 2. The average molecular weight is 405 g/mol. The summed E-state index contributed by atoms with van der Waals surface area (Å²) in [5, 5.41) is 9.11. The smallest absolute Gasteiger partial charge is 0.303 e. The van der Waals surface area contributed by atoms with E-state index >= 15 is 0 Å². The summed E-state index contributed by atoms with van der Waals surface area (Å²) >= 11 is 0. The zero-order valence-corrected chi connectivity index (χ0v) is 16.7. The number of carboxylic acids is 1. The molecule has 1 unspecified atom stereocenters. The Labute approximate surface area is 175 Å². The van der Waals surface area contributed by atoms with Gasteiger partial charge in [0.25, 0.3) is 0 Å². The van der Waals surface area contributed by atoms with Crippen molar-refractivity contribution in [3.8, 4) is 11.5 Å². The number of benzene rings is 2. The van der Waals surface area contributed by atoms with E-state index in [1.165, 1.54) is 6.92 Å². The number of carbonyl (C=O) groups excluding carboxylic acids is 1. The largest absolute Gasteiger partial charge is 0.489 e. The topological polar surface area (TPSA) is 85.7 Å². The van der Waals surface area contributed by atoms with Crippen molar-refractivity contribution >= 4 is 11.8 Å². The third-order valence-corrected chi connectivity index (χ3v) is 4.52. The van der Waals surface area contributed by atoms with E-state index in [9.17, 15) is 9.59 Å². The van der Waals surface area contributed by atoms with Crippen LogP contribution in [-0.4, -0.2) is 21.8 Å². The SMILES string of the molecule is CC(=O)c1ccc(OCc2cccnc2)cc1OC(CCC(=O)O)c1ccccc1. The van der Waals surface area contributed by atoms with Crippen molar-refractivity contribution < 1.29 is 24.2 Å². The van der Waals surface area contributed by atoms with E-state index < -0.39 is 12.1 Å². The first-order chi connectivity index (χ1) is 14.5. The fourth-order valence-electron chi connectivity index (χ4n) is 3.00. The molecular weight excluding hydrogens is 382 g/mol. The number of hydrogen-bond acceptors (Lipinski definition) is 5. The molecule has 0 aliphatic rings. The molecule has 154 valence electrons. The molecule has 1 aromatic heterocycles. The molecule has 0 bridgehead atoms. The van der Waals surface area contributed by atoms with Gasteiger partial charge < -0.3 is 14.6 Å². The molecule has 0 aliphatic carbocycles. The lowest BCUT2D eigenvalue weighted by atomic mass is 10.0. The van der Waals surface area contributed by atoms with Crippen molar-refractivity contribution in [1.29, 1.82) is 0 Å². The highest BCUT2D eigenvalue weighted by molar-refractivity contribution is 5.97. The van der Waals surface area contributed by atoms with Gasteiger partial charge in [0.05, 0.1) is 5.56 Å². The molecule has 3 rings (SSSR count). The first-order valence-electron chi connectivity index (χ1n) is 9.63. The summed E-state index contributed by atoms with van der Waals surface area (Å²) in [4.78, 5) is 27.3. The molecule has 6 heteroatoms. The second kappa shape index (κ2) is 10.2. The zero-order valence-electron chi connectivity index (χ0n) is 16.7. The van der Waals surface area contributed by atoms with Crippen molar-refractivity contribution in [2.24, 2.45) is 0 Å². The van der Waals surface area contributed by atoms with Crippen LogP contribution in [0.15, 0.2) is 73.1 Å². The van der Waals surface area contributed by atoms with E-state index in [-0.39, 0.29) is 18.6 Å². The van der Waals surface area contributed by atoms with Gasteiger partial charge in [0.2, 0.25) is 0 Å². The number of nitrogens with zero attached hydrogens (tertiary/aromatic N) is 1. The Bertz CT molecular complexity index is 989. The molecule has 6 nitrogen and oxygen atoms in total. The Morgan fingerprint density at radius 1 is 1.07 bits per heavy atom. The van der Waals surface area contributed by atoms with Crippen LogP contribution in [-0.2, 0) is 11.4 Å². The van der Waals surface area contributed by atoms with Crippen LogP contribution >= 0.6 is 0 Å². The third kappa shape index (κ3) is 5.91. The third-order valence-electron chi connectivity index (χ3n) is 4.52. The van der Waals surface area contributed by atoms with Crippen molar-refractivity contribution in [2.75, 3.05) is 0 Å². The molecule has 0 spiro atoms. The lowest BCUT2D eigenvalue weighted by Crippen LogP contribution is -2.12. The van der Waals surface area contributed by atoms with Gasteiger partial charge in [-0.3, -0.25) is 14.6 Å². The molecule has 1 atom stereocenters. The predicted octanol–water partition coefficient (Wildman–Crippen LogP) is 4.85. The molecule has 3 aromatic rings. The van der Waals surface area contributed by atoms with Crippen LogP contribution in [0.5, 0.6) is 11.5 Å². The number of carbonyl (C=O) groups is 2. The van der Waals surface area contributed by atoms with Gasteiger partial charge in [-0.2, -0.15) is 0 Å². The van der Waals surface area contributed by atoms with Crippen LogP contribution in [0.3, 0.4) is 0 Å². The van der Waals surface area contributed by atoms with Crippen molar-refractivity contribution in [3.63, 3.8) is 0 Å². The number of Topliss-reactive ketones (excluding diaryl/α,β-unsaturated/α-hetero) is 1. The lowest BCUT2D eigenvalue weighted by Gasteiger charge is -2.21. The van der Waals surface area contributed by atoms with E-state index in [4.69, 9.17) is 14.6 Å². The maximum absolute atomic E-state index is 12.1. The van der Waals surface area contributed by atoms with Crippen LogP contribution in [0, 0.1) is 0 Å². The fraction of sp³-hybridized carbons (Fsp3) is 0.208. The van der Waals surface area contributed by atoms with E-state index in [2.05, 4.69) is 4.98 Å². The number of ketones is 1. The molecular formula is C24H23NO5. The van der Waals surface area contributed by atoms with E-state index in [1.54, 1.807) is 30.6 Å². The molecule has 0 amide bonds. The van der Waals surface area contributed by atoms with E-state index in [0.29, 0.717) is 23.7 Å². The van der Waals surface area contributed by atoms with Crippen LogP contribution in [0.1, 0.15) is 47.4 Å². The van der Waals surface area contributed by atoms with Gasteiger partial charge in [0.15, 0.2) is 5.78 Å². The maximum Gasteiger partial charge on any atom is 0.303 e. The molecule has 1 heterocycles. The predicted molar refractivity (Wildman–Crippen MR) is 112 cm³/mol. The standard InChI is InChI=1S/C24H23NO5/c1-17(26)21-10-9-20(29-16-18-6-5-13-25-15-18)14-23(21)30-22(11-12-24(27)28)19-7-3-2-4-8-19/h2-10,13-15,22H,11-12,16H2,1H3,(H,27,28). The Kier molecular flexibility index (Phi) is 7.16. The number of pyridine rings is 1. The first-order valence-corrected chi connectivity index (χ1v) is 9.63. The monoisotopic (exact) mass is 405 g/mol. The molecule has 0 aliphatic heterocycles. The van der Waals surface area contributed by atoms with E-state index in [0.717, 1.165) is 11.1 Å². The van der Waals surface area contributed by atoms with Crippen molar-refractivity contribution in [3.05, 3.63) is 89.7 Å². The highest BCUT2D eigenvalue weighted by atomic mass is 16.5. The van der Waals surface area contributed by atoms with Gasteiger partial charge in [-0.15, -0.1) is 0 Å². The van der Waals surface area contributed by atoms with Crippen LogP contribution in [0.25, 0.3) is 0 Å². The van der Waals surface area contributed by atoms with Crippen LogP contribution in [0.2, 0.25) is 0 Å². The van der Waals surface area contributed by atoms with Gasteiger partial charge in [0, 0.05) is 30.4 Å². The Morgan fingerprint density at radius 3 is 2.53 bits per heavy atom. The highest BCUT2D eigenvalue weighted by Crippen LogP contribution is 2.32. The summed E-state index contributed by atoms with van der Waals surface area (Å²) in [6.07, 6.45) is 3.13. The zero-order chi connectivity index (χ0) is 21.3. The van der Waals surface area contributed by atoms with Gasteiger partial charge >= 0.3 is 5.97 Å². The molecule has 0 saturated carbocycles. The highest BCUT2D eigenvalue weighted by Gasteiger charge is 2.19. The summed E-state index contributed by atoms with van der Waals surface area (Å²) < 4.78 is 12.0. The number of rotatable bonds is 10. The quantitative estimate of drug-likeness (QED) is 0.486. The summed E-state index contributed by atoms with van der Waals surface area (Å²) in [6.45, 7) is 1.79. The van der Waals surface area contributed by atoms with Crippen LogP contribution < -0.4 is 9.47 Å². The second-order valence-electron chi connectivity index (χ2n) is 6.81. The maximum atomic E-state index is 12.1. The second-order valence-corrected chi connectivity index (χ2v) is 6.81. The molecule has 0 radical (unpaired) electrons. The summed E-state index contributed by atoms with van der Waals surface area (Å²) in [6, 6.07) is 18.2. The normalized spacial score (nSPS) is 11.5. The summed E-state index contributed by atoms with van der Waals surface area (Å²) in [5.41, 5.74) is 2.18. The Morgan fingerprint density at radius 2 is 1.87 bits per heavy atom. The number of aromatic nitrogens is 1. The fourth-order valence-corrected chi connectivity index (χ4v) is 3.00. The molecule has 2 aromatic carbocycles. The van der Waals surface area contributed by atoms with Crippen molar-refractivity contribution in [2.45, 2.75) is 32.5 Å². The van der Waals surface area contributed by atoms with Gasteiger partial charge in [0.1, 0.15) is 24.2 Å². The molecule has 0 fully saturated rings. The van der Waals surface area contributed by atoms with E-state index in [1.807, 2.05) is 42.5 Å². The van der Waals surface area contributed by atoms with Gasteiger partial charge in [-0.1, -0.05) is 36.4 Å². The summed E-state index contributed by atoms with van der Waals surface area (Å²) in [7, 11) is 0. The molecule has 30 heavy (non-hydrogen) atoms. The van der Waals surface area contributed by atoms with Crippen LogP contribution in [0.4, 0.5) is 0 Å². The number of carboxylic acid groups (broad SMARTS) is 1. The van der Waals surface area contributed by atoms with Gasteiger partial charge in [-0.05, 0) is 37.1 Å². The Hall–Kier alpha value is -3.67. The lowest BCUT2D eigenvalue weighted by molar-refractivity contribution is -0.137. The Balaban J connectivity index is 1.84. The molecule has 1 N–H and O–H groups in total. The minimum absolute atomic E-state index is 0.0494. The average Bonchev–Trinajstić information content (AvgIpc) is 2.76. The van der Waals surface area contributed by atoms with Gasteiger partial charge in [-0.25, -0.2) is 0 Å². The molecule has 0 saturated heterocycles. The minimum Gasteiger partial charge on any atom is -0.489 e.